The molecule has 0 radical (unpaired) electrons. The molecule has 1 saturated heterocycles. The molecule has 0 atom stereocenters. The lowest BCUT2D eigenvalue weighted by molar-refractivity contribution is -0.147. The van der Waals surface area contributed by atoms with Crippen molar-refractivity contribution >= 4 is 30.7 Å². The molecule has 0 bridgehead atoms. The third kappa shape index (κ3) is 5.92. The Balaban J connectivity index is 0. The average molecular weight is 271 g/mol. The highest BCUT2D eigenvalue weighted by Crippen LogP contribution is 2.11. The first kappa shape index (κ1) is 18.4. The summed E-state index contributed by atoms with van der Waals surface area (Å²) in [6.07, 6.45) is 6.57. The number of carbonyl (C=O) groups excluding carboxylic acids is 1. The molecule has 1 heterocycles. The van der Waals surface area contributed by atoms with Gasteiger partial charge in [0.25, 0.3) is 0 Å². The van der Waals surface area contributed by atoms with Gasteiger partial charge in [0.15, 0.2) is 0 Å². The molecule has 0 aromatic carbocycles. The maximum atomic E-state index is 11.7. The number of hydrogen-bond acceptors (Lipinski definition) is 2. The zero-order valence-electron chi connectivity index (χ0n) is 10.3. The van der Waals surface area contributed by atoms with Gasteiger partial charge in [0, 0.05) is 26.6 Å². The fourth-order valence-corrected chi connectivity index (χ4v) is 1.82. The molecule has 0 aromatic heterocycles. The van der Waals surface area contributed by atoms with Gasteiger partial charge < -0.3 is 0 Å². The number of unbranched alkanes of at least 4 members (excludes halogenated alkanes) is 1. The Hall–Kier alpha value is 0.01000. The van der Waals surface area contributed by atoms with Crippen LogP contribution in [0.4, 0.5) is 0 Å². The number of carbonyl (C=O) groups is 1. The van der Waals surface area contributed by atoms with Crippen molar-refractivity contribution in [2.75, 3.05) is 20.1 Å². The maximum Gasteiger partial charge on any atom is 0.236 e. The van der Waals surface area contributed by atoms with Crippen LogP contribution in [0.1, 0.15) is 45.4 Å². The van der Waals surface area contributed by atoms with Gasteiger partial charge in [0.05, 0.1) is 0 Å². The van der Waals surface area contributed by atoms with Gasteiger partial charge in [0.1, 0.15) is 0 Å². The van der Waals surface area contributed by atoms with E-state index >= 15 is 0 Å². The van der Waals surface area contributed by atoms with Gasteiger partial charge in [-0.15, -0.1) is 24.8 Å². The van der Waals surface area contributed by atoms with Crippen molar-refractivity contribution in [2.24, 2.45) is 0 Å². The number of piperidine rings is 1. The zero-order chi connectivity index (χ0) is 10.4. The van der Waals surface area contributed by atoms with Gasteiger partial charge in [-0.25, -0.2) is 5.01 Å². The highest BCUT2D eigenvalue weighted by atomic mass is 35.5. The van der Waals surface area contributed by atoms with Crippen LogP contribution in [0.25, 0.3) is 0 Å². The van der Waals surface area contributed by atoms with Gasteiger partial charge in [-0.1, -0.05) is 19.8 Å². The van der Waals surface area contributed by atoms with Crippen molar-refractivity contribution < 1.29 is 4.79 Å². The molecule has 0 aliphatic carbocycles. The summed E-state index contributed by atoms with van der Waals surface area (Å²) in [4.78, 5) is 11.7. The highest BCUT2D eigenvalue weighted by Gasteiger charge is 2.18. The standard InChI is InChI=1S/C11H22N2O.2ClH/c1-3-4-8-11(14)12(2)13-9-6-5-7-10-13;;/h3-10H2,1-2H3;2*1H. The molecule has 0 N–H and O–H groups in total. The van der Waals surface area contributed by atoms with Crippen molar-refractivity contribution in [1.29, 1.82) is 0 Å². The van der Waals surface area contributed by atoms with E-state index in [1.165, 1.54) is 19.3 Å². The summed E-state index contributed by atoms with van der Waals surface area (Å²) in [5.41, 5.74) is 0. The van der Waals surface area contributed by atoms with Gasteiger partial charge in [-0.2, -0.15) is 0 Å². The fourth-order valence-electron chi connectivity index (χ4n) is 1.82. The Morgan fingerprint density at radius 1 is 1.19 bits per heavy atom. The molecule has 1 aliphatic heterocycles. The molecule has 98 valence electrons. The summed E-state index contributed by atoms with van der Waals surface area (Å²) in [5, 5.41) is 4.01. The van der Waals surface area contributed by atoms with E-state index in [1.807, 2.05) is 12.1 Å². The van der Waals surface area contributed by atoms with Crippen LogP contribution in [0, 0.1) is 0 Å². The first-order chi connectivity index (χ1) is 6.75. The molecule has 1 rings (SSSR count). The van der Waals surface area contributed by atoms with Crippen LogP contribution in [-0.4, -0.2) is 36.1 Å². The van der Waals surface area contributed by atoms with Crippen LogP contribution in [0.3, 0.4) is 0 Å². The Morgan fingerprint density at radius 2 is 1.75 bits per heavy atom. The highest BCUT2D eigenvalue weighted by molar-refractivity contribution is 5.85. The quantitative estimate of drug-likeness (QED) is 0.785. The Morgan fingerprint density at radius 3 is 2.25 bits per heavy atom. The second-order valence-electron chi connectivity index (χ2n) is 4.04. The summed E-state index contributed by atoms with van der Waals surface area (Å²) in [6, 6.07) is 0. The topological polar surface area (TPSA) is 23.6 Å². The van der Waals surface area contributed by atoms with Crippen molar-refractivity contribution in [3.8, 4) is 0 Å². The summed E-state index contributed by atoms with van der Waals surface area (Å²) < 4.78 is 0. The second-order valence-corrected chi connectivity index (χ2v) is 4.04. The lowest BCUT2D eigenvalue weighted by atomic mass is 10.1. The van der Waals surface area contributed by atoms with Gasteiger partial charge in [-0.05, 0) is 19.3 Å². The number of nitrogens with zero attached hydrogens (tertiary/aromatic N) is 2. The largest absolute Gasteiger partial charge is 0.279 e. The molecule has 0 spiro atoms. The number of rotatable bonds is 4. The molecule has 5 heteroatoms. The first-order valence-corrected chi connectivity index (χ1v) is 5.77. The molecule has 0 unspecified atom stereocenters. The van der Waals surface area contributed by atoms with Crippen LogP contribution < -0.4 is 0 Å². The monoisotopic (exact) mass is 270 g/mol. The molecule has 0 aromatic rings. The summed E-state index contributed by atoms with van der Waals surface area (Å²) in [6.45, 7) is 4.22. The first-order valence-electron chi connectivity index (χ1n) is 5.77. The number of halogens is 2. The molecule has 1 amide bonds. The van der Waals surface area contributed by atoms with Gasteiger partial charge in [-0.3, -0.25) is 9.80 Å². The summed E-state index contributed by atoms with van der Waals surface area (Å²) in [5.74, 6) is 0.272. The minimum absolute atomic E-state index is 0. The van der Waals surface area contributed by atoms with E-state index in [0.29, 0.717) is 6.42 Å². The predicted octanol–water partition coefficient (Wildman–Crippen LogP) is 2.88. The van der Waals surface area contributed by atoms with Crippen LogP contribution in [0.5, 0.6) is 0 Å². The average Bonchev–Trinajstić information content (AvgIpc) is 2.26. The van der Waals surface area contributed by atoms with Gasteiger partial charge >= 0.3 is 0 Å². The number of hydrogen-bond donors (Lipinski definition) is 0. The molecule has 0 saturated carbocycles. The molecule has 16 heavy (non-hydrogen) atoms. The van der Waals surface area contributed by atoms with Crippen LogP contribution in [0.2, 0.25) is 0 Å². The van der Waals surface area contributed by atoms with Crippen molar-refractivity contribution in [3.05, 3.63) is 0 Å². The smallest absolute Gasteiger partial charge is 0.236 e. The van der Waals surface area contributed by atoms with E-state index in [0.717, 1.165) is 25.9 Å². The third-order valence-corrected chi connectivity index (χ3v) is 2.86. The normalized spacial score (nSPS) is 15.9. The number of amides is 1. The Labute approximate surface area is 111 Å². The maximum absolute atomic E-state index is 11.7. The van der Waals surface area contributed by atoms with Crippen molar-refractivity contribution in [1.82, 2.24) is 10.0 Å². The van der Waals surface area contributed by atoms with Crippen LogP contribution >= 0.6 is 24.8 Å². The summed E-state index contributed by atoms with van der Waals surface area (Å²) in [7, 11) is 1.91. The van der Waals surface area contributed by atoms with Crippen molar-refractivity contribution in [2.45, 2.75) is 45.4 Å². The van der Waals surface area contributed by atoms with Gasteiger partial charge in [0.2, 0.25) is 5.91 Å². The minimum Gasteiger partial charge on any atom is -0.279 e. The van der Waals surface area contributed by atoms with Crippen molar-refractivity contribution in [3.63, 3.8) is 0 Å². The van der Waals surface area contributed by atoms with E-state index in [2.05, 4.69) is 11.9 Å². The summed E-state index contributed by atoms with van der Waals surface area (Å²) >= 11 is 0. The lowest BCUT2D eigenvalue weighted by Crippen LogP contribution is -2.46. The van der Waals surface area contributed by atoms with E-state index < -0.39 is 0 Å². The zero-order valence-corrected chi connectivity index (χ0v) is 11.9. The van der Waals surface area contributed by atoms with Crippen LogP contribution in [-0.2, 0) is 4.79 Å². The molecule has 1 fully saturated rings. The third-order valence-electron chi connectivity index (χ3n) is 2.86. The van der Waals surface area contributed by atoms with E-state index in [1.54, 1.807) is 0 Å². The SMILES string of the molecule is CCCCC(=O)N(C)N1CCCCC1.Cl.Cl. The molecular formula is C11H24Cl2N2O. The lowest BCUT2D eigenvalue weighted by Gasteiger charge is -2.34. The van der Waals surface area contributed by atoms with E-state index in [9.17, 15) is 4.79 Å². The number of hydrazine groups is 1. The predicted molar refractivity (Wildman–Crippen MR) is 72.2 cm³/mol. The fraction of sp³-hybridized carbons (Fsp3) is 0.909. The molecule has 1 aliphatic rings. The van der Waals surface area contributed by atoms with Crippen LogP contribution in [0.15, 0.2) is 0 Å². The Bertz CT molecular complexity index is 185. The van der Waals surface area contributed by atoms with E-state index in [4.69, 9.17) is 0 Å². The second kappa shape index (κ2) is 10.2. The molecule has 3 nitrogen and oxygen atoms in total. The Kier molecular flexibility index (Phi) is 11.7. The minimum atomic E-state index is 0. The van der Waals surface area contributed by atoms with E-state index in [-0.39, 0.29) is 30.7 Å². The molecular weight excluding hydrogens is 247 g/mol.